The Morgan fingerprint density at radius 3 is 2.44 bits per heavy atom. The molecule has 0 saturated heterocycles. The van der Waals surface area contributed by atoms with Gasteiger partial charge in [-0.05, 0) is 42.8 Å². The Hall–Kier alpha value is -4.27. The molecule has 0 radical (unpaired) electrons. The van der Waals surface area contributed by atoms with Gasteiger partial charge in [-0.1, -0.05) is 5.21 Å². The molecule has 9 heteroatoms. The van der Waals surface area contributed by atoms with E-state index >= 15 is 0 Å². The van der Waals surface area contributed by atoms with Crippen LogP contribution in [-0.4, -0.2) is 40.1 Å². The topological polar surface area (TPSA) is 91.2 Å². The second-order valence-corrected chi connectivity index (χ2v) is 6.93. The van der Waals surface area contributed by atoms with E-state index in [1.807, 2.05) is 0 Å². The summed E-state index contributed by atoms with van der Waals surface area (Å²) in [5.74, 6) is 0.237. The predicted octanol–water partition coefficient (Wildman–Crippen LogP) is 4.05. The standard InChI is InChI=1S/C23H20FN5O3/c1-14-9-17(6-7-20(14)24)29-22(15-5-4-8-25-13-15)21(27-28-29)23(30)26-16-10-18(31-2)12-19(11-16)32-3/h4-13H,1-3H3,(H,26,30). The Labute approximate surface area is 183 Å². The number of halogens is 1. The van der Waals surface area contributed by atoms with Crippen LogP contribution < -0.4 is 14.8 Å². The van der Waals surface area contributed by atoms with Crippen molar-refractivity contribution in [3.63, 3.8) is 0 Å². The second kappa shape index (κ2) is 8.84. The van der Waals surface area contributed by atoms with E-state index in [1.165, 1.54) is 25.0 Å². The monoisotopic (exact) mass is 433 g/mol. The third kappa shape index (κ3) is 4.13. The molecule has 0 aliphatic heterocycles. The van der Waals surface area contributed by atoms with Crippen molar-refractivity contribution in [1.29, 1.82) is 0 Å². The summed E-state index contributed by atoms with van der Waals surface area (Å²) in [6.07, 6.45) is 3.23. The minimum absolute atomic E-state index is 0.0850. The maximum atomic E-state index is 13.8. The van der Waals surface area contributed by atoms with Crippen LogP contribution in [0.25, 0.3) is 16.9 Å². The molecule has 0 unspecified atom stereocenters. The molecule has 4 aromatic rings. The number of ether oxygens (including phenoxy) is 2. The largest absolute Gasteiger partial charge is 0.497 e. The molecule has 2 aromatic carbocycles. The molecule has 0 spiro atoms. The fraction of sp³-hybridized carbons (Fsp3) is 0.130. The lowest BCUT2D eigenvalue weighted by atomic mass is 10.1. The van der Waals surface area contributed by atoms with Gasteiger partial charge in [0.1, 0.15) is 23.0 Å². The van der Waals surface area contributed by atoms with Gasteiger partial charge >= 0.3 is 0 Å². The SMILES string of the molecule is COc1cc(NC(=O)c2nnn(-c3ccc(F)c(C)c3)c2-c2cccnc2)cc(OC)c1. The normalized spacial score (nSPS) is 10.6. The van der Waals surface area contributed by atoms with Gasteiger partial charge in [-0.25, -0.2) is 9.07 Å². The molecule has 1 amide bonds. The summed E-state index contributed by atoms with van der Waals surface area (Å²) >= 11 is 0. The fourth-order valence-corrected chi connectivity index (χ4v) is 3.21. The molecule has 0 saturated carbocycles. The zero-order valence-corrected chi connectivity index (χ0v) is 17.7. The third-order valence-corrected chi connectivity index (χ3v) is 4.82. The number of rotatable bonds is 6. The Bertz CT molecular complexity index is 1250. The minimum atomic E-state index is -0.482. The van der Waals surface area contributed by atoms with Crippen LogP contribution in [0.4, 0.5) is 10.1 Å². The number of nitrogens with zero attached hydrogens (tertiary/aromatic N) is 4. The minimum Gasteiger partial charge on any atom is -0.497 e. The van der Waals surface area contributed by atoms with E-state index in [4.69, 9.17) is 9.47 Å². The first-order chi connectivity index (χ1) is 15.5. The lowest BCUT2D eigenvalue weighted by molar-refractivity contribution is 0.102. The van der Waals surface area contributed by atoms with Crippen LogP contribution in [0.5, 0.6) is 11.5 Å². The number of nitrogens with one attached hydrogen (secondary N) is 1. The molecule has 8 nitrogen and oxygen atoms in total. The Morgan fingerprint density at radius 2 is 1.81 bits per heavy atom. The number of methoxy groups -OCH3 is 2. The van der Waals surface area contributed by atoms with Crippen LogP contribution in [0.2, 0.25) is 0 Å². The molecule has 1 N–H and O–H groups in total. The highest BCUT2D eigenvalue weighted by molar-refractivity contribution is 6.07. The van der Waals surface area contributed by atoms with Crippen LogP contribution in [0, 0.1) is 12.7 Å². The number of carbonyl (C=O) groups excluding carboxylic acids is 1. The summed E-state index contributed by atoms with van der Waals surface area (Å²) in [4.78, 5) is 17.3. The first-order valence-electron chi connectivity index (χ1n) is 9.67. The average molecular weight is 433 g/mol. The van der Waals surface area contributed by atoms with Crippen LogP contribution in [-0.2, 0) is 0 Å². The van der Waals surface area contributed by atoms with E-state index in [0.717, 1.165) is 0 Å². The maximum Gasteiger partial charge on any atom is 0.278 e. The lowest BCUT2D eigenvalue weighted by Gasteiger charge is -2.11. The number of hydrogen-bond acceptors (Lipinski definition) is 6. The van der Waals surface area contributed by atoms with Crippen molar-refractivity contribution in [2.45, 2.75) is 6.92 Å². The lowest BCUT2D eigenvalue weighted by Crippen LogP contribution is -2.14. The van der Waals surface area contributed by atoms with Gasteiger partial charge in [0, 0.05) is 41.8 Å². The molecule has 4 rings (SSSR count). The van der Waals surface area contributed by atoms with Crippen molar-refractivity contribution < 1.29 is 18.7 Å². The van der Waals surface area contributed by atoms with E-state index < -0.39 is 5.91 Å². The molecule has 0 aliphatic rings. The Balaban J connectivity index is 1.78. The molecule has 0 fully saturated rings. The number of carbonyl (C=O) groups is 1. The van der Waals surface area contributed by atoms with Crippen LogP contribution in [0.15, 0.2) is 60.9 Å². The molecule has 0 atom stereocenters. The number of anilines is 1. The van der Waals surface area contributed by atoms with Gasteiger partial charge in [-0.15, -0.1) is 5.10 Å². The number of benzene rings is 2. The molecular formula is C23H20FN5O3. The summed E-state index contributed by atoms with van der Waals surface area (Å²) in [7, 11) is 3.05. The highest BCUT2D eigenvalue weighted by Crippen LogP contribution is 2.29. The van der Waals surface area contributed by atoms with Crippen LogP contribution in [0.3, 0.4) is 0 Å². The van der Waals surface area contributed by atoms with E-state index in [1.54, 1.807) is 61.8 Å². The van der Waals surface area contributed by atoms with Crippen molar-refractivity contribution >= 4 is 11.6 Å². The molecule has 32 heavy (non-hydrogen) atoms. The highest BCUT2D eigenvalue weighted by Gasteiger charge is 2.23. The van der Waals surface area contributed by atoms with Crippen molar-refractivity contribution in [2.75, 3.05) is 19.5 Å². The third-order valence-electron chi connectivity index (χ3n) is 4.82. The number of amides is 1. The Kier molecular flexibility index (Phi) is 5.80. The van der Waals surface area contributed by atoms with Gasteiger partial charge in [0.25, 0.3) is 5.91 Å². The summed E-state index contributed by atoms with van der Waals surface area (Å²) in [6.45, 7) is 1.66. The number of aromatic nitrogens is 4. The van der Waals surface area contributed by atoms with Crippen LogP contribution in [0.1, 0.15) is 16.1 Å². The quantitative estimate of drug-likeness (QED) is 0.493. The number of hydrogen-bond donors (Lipinski definition) is 1. The molecule has 162 valence electrons. The highest BCUT2D eigenvalue weighted by atomic mass is 19.1. The molecule has 0 bridgehead atoms. The van der Waals surface area contributed by atoms with E-state index in [0.29, 0.717) is 39.7 Å². The van der Waals surface area contributed by atoms with Gasteiger partial charge in [0.2, 0.25) is 0 Å². The molecule has 2 heterocycles. The second-order valence-electron chi connectivity index (χ2n) is 6.93. The average Bonchev–Trinajstić information content (AvgIpc) is 3.26. The van der Waals surface area contributed by atoms with E-state index in [9.17, 15) is 9.18 Å². The van der Waals surface area contributed by atoms with E-state index in [-0.39, 0.29) is 11.5 Å². The van der Waals surface area contributed by atoms with Gasteiger partial charge in [-0.3, -0.25) is 9.78 Å². The fourth-order valence-electron chi connectivity index (χ4n) is 3.21. The zero-order chi connectivity index (χ0) is 22.7. The molecular weight excluding hydrogens is 413 g/mol. The van der Waals surface area contributed by atoms with Gasteiger partial charge in [0.05, 0.1) is 19.9 Å². The first kappa shape index (κ1) is 21.0. The summed E-state index contributed by atoms with van der Waals surface area (Å²) in [6, 6.07) is 13.1. The smallest absolute Gasteiger partial charge is 0.278 e. The Morgan fingerprint density at radius 1 is 1.06 bits per heavy atom. The van der Waals surface area contributed by atoms with Crippen molar-refractivity contribution in [2.24, 2.45) is 0 Å². The van der Waals surface area contributed by atoms with E-state index in [2.05, 4.69) is 20.6 Å². The van der Waals surface area contributed by atoms with Gasteiger partial charge in [0.15, 0.2) is 5.69 Å². The van der Waals surface area contributed by atoms with Gasteiger partial charge in [-0.2, -0.15) is 0 Å². The summed E-state index contributed by atoms with van der Waals surface area (Å²) in [5, 5.41) is 11.1. The number of aryl methyl sites for hydroxylation is 1. The van der Waals surface area contributed by atoms with Crippen LogP contribution >= 0.6 is 0 Å². The van der Waals surface area contributed by atoms with Crippen molar-refractivity contribution in [3.05, 3.63) is 78.0 Å². The summed E-state index contributed by atoms with van der Waals surface area (Å²) < 4.78 is 25.8. The summed E-state index contributed by atoms with van der Waals surface area (Å²) in [5.41, 5.74) is 2.63. The van der Waals surface area contributed by atoms with Crippen molar-refractivity contribution in [1.82, 2.24) is 20.0 Å². The van der Waals surface area contributed by atoms with Crippen molar-refractivity contribution in [3.8, 4) is 28.4 Å². The maximum absolute atomic E-state index is 13.8. The molecule has 0 aliphatic carbocycles. The predicted molar refractivity (Wildman–Crippen MR) is 117 cm³/mol. The molecule has 2 aromatic heterocycles. The number of pyridine rings is 1. The first-order valence-corrected chi connectivity index (χ1v) is 9.67. The van der Waals surface area contributed by atoms with Gasteiger partial charge < -0.3 is 14.8 Å². The zero-order valence-electron chi connectivity index (χ0n) is 17.7.